The molecule has 4 rings (SSSR count). The number of benzene rings is 2. The van der Waals surface area contributed by atoms with E-state index in [1.807, 2.05) is 24.3 Å². The maximum absolute atomic E-state index is 13.4. The number of carbonyl (C=O) groups excluding carboxylic acids is 2. The summed E-state index contributed by atoms with van der Waals surface area (Å²) < 4.78 is 41.3. The molecule has 0 aliphatic carbocycles. The third kappa shape index (κ3) is 6.11. The molecule has 2 unspecified atom stereocenters. The fraction of sp³-hybridized carbons (Fsp3) is 0.423. The van der Waals surface area contributed by atoms with E-state index < -0.39 is 36.0 Å². The number of imidazole rings is 1. The average molecular weight is 519 g/mol. The number of unbranched alkanes of at least 4 members (excludes halogenated alkanes) is 2. The van der Waals surface area contributed by atoms with Crippen LogP contribution in [-0.4, -0.2) is 61.8 Å². The molecule has 2 aromatic carbocycles. The quantitative estimate of drug-likeness (QED) is 0.378. The molecule has 0 bridgehead atoms. The number of hydrogen-bond acceptors (Lipinski definition) is 5. The van der Waals surface area contributed by atoms with Crippen molar-refractivity contribution in [3.8, 4) is 0 Å². The summed E-state index contributed by atoms with van der Waals surface area (Å²) in [6.45, 7) is 0.926. The highest BCUT2D eigenvalue weighted by Crippen LogP contribution is 2.31. The fourth-order valence-corrected chi connectivity index (χ4v) is 4.56. The van der Waals surface area contributed by atoms with Gasteiger partial charge in [-0.3, -0.25) is 9.59 Å². The summed E-state index contributed by atoms with van der Waals surface area (Å²) >= 11 is 0. The van der Waals surface area contributed by atoms with E-state index in [4.69, 9.17) is 0 Å². The Labute approximate surface area is 211 Å². The van der Waals surface area contributed by atoms with Crippen LogP contribution in [0.2, 0.25) is 0 Å². The lowest BCUT2D eigenvalue weighted by Gasteiger charge is -2.31. The second-order valence-electron chi connectivity index (χ2n) is 9.09. The number of hydrogen-bond donors (Lipinski definition) is 3. The number of rotatable bonds is 9. The van der Waals surface area contributed by atoms with Crippen LogP contribution in [0.4, 0.5) is 13.2 Å². The smallest absolute Gasteiger partial charge is 0.380 e. The molecule has 2 amide bonds. The minimum atomic E-state index is -4.57. The monoisotopic (exact) mass is 518 g/mol. The largest absolute Gasteiger partial charge is 0.449 e. The van der Waals surface area contributed by atoms with Crippen LogP contribution < -0.4 is 5.32 Å². The number of carbonyl (C=O) groups is 2. The highest BCUT2D eigenvalue weighted by atomic mass is 19.4. The zero-order valence-corrected chi connectivity index (χ0v) is 20.1. The molecule has 1 aliphatic rings. The standard InChI is InChI=1S/C26H29F3N4O4/c27-26(28,29)25-31-19-10-4-5-11-20(19)33(25)14-7-1-6-13-30-23(36)21(34)22(35)24(37)32-15-12-17-8-2-3-9-18(17)16-32/h2-5,8-11,21-22,34-35H,1,6-7,12-16H2,(H,30,36). The van der Waals surface area contributed by atoms with Crippen LogP contribution in [0.25, 0.3) is 11.0 Å². The molecule has 198 valence electrons. The second kappa shape index (κ2) is 11.3. The summed E-state index contributed by atoms with van der Waals surface area (Å²) in [5.74, 6) is -2.54. The summed E-state index contributed by atoms with van der Waals surface area (Å²) in [6, 6.07) is 14.1. The van der Waals surface area contributed by atoms with Crippen LogP contribution in [0.5, 0.6) is 0 Å². The number of aromatic nitrogens is 2. The minimum absolute atomic E-state index is 0.109. The van der Waals surface area contributed by atoms with E-state index in [1.54, 1.807) is 18.2 Å². The van der Waals surface area contributed by atoms with Crippen LogP contribution in [-0.2, 0) is 35.3 Å². The highest BCUT2D eigenvalue weighted by Gasteiger charge is 2.37. The van der Waals surface area contributed by atoms with Gasteiger partial charge in [-0.05, 0) is 48.9 Å². The van der Waals surface area contributed by atoms with E-state index in [1.165, 1.54) is 11.0 Å². The number of fused-ring (bicyclic) bond motifs is 2. The average Bonchev–Trinajstić information content (AvgIpc) is 3.28. The number of aliphatic hydroxyl groups is 2. The number of aryl methyl sites for hydroxylation is 1. The van der Waals surface area contributed by atoms with Gasteiger partial charge in [-0.15, -0.1) is 0 Å². The number of halogens is 3. The van der Waals surface area contributed by atoms with Gasteiger partial charge < -0.3 is 25.0 Å². The number of para-hydroxylation sites is 2. The van der Waals surface area contributed by atoms with E-state index in [0.29, 0.717) is 44.3 Å². The first-order valence-corrected chi connectivity index (χ1v) is 12.2. The second-order valence-corrected chi connectivity index (χ2v) is 9.09. The first-order valence-electron chi connectivity index (χ1n) is 12.2. The summed E-state index contributed by atoms with van der Waals surface area (Å²) in [5, 5.41) is 22.9. The lowest BCUT2D eigenvalue weighted by molar-refractivity contribution is -0.153. The molecule has 3 aromatic rings. The number of aliphatic hydroxyl groups excluding tert-OH is 2. The predicted molar refractivity (Wildman–Crippen MR) is 129 cm³/mol. The van der Waals surface area contributed by atoms with E-state index >= 15 is 0 Å². The van der Waals surface area contributed by atoms with Gasteiger partial charge in [0, 0.05) is 26.2 Å². The van der Waals surface area contributed by atoms with Gasteiger partial charge in [-0.1, -0.05) is 36.4 Å². The predicted octanol–water partition coefficient (Wildman–Crippen LogP) is 2.65. The maximum Gasteiger partial charge on any atom is 0.449 e. The van der Waals surface area contributed by atoms with Gasteiger partial charge in [0.2, 0.25) is 5.82 Å². The van der Waals surface area contributed by atoms with Crippen LogP contribution >= 0.6 is 0 Å². The SMILES string of the molecule is O=C(NCCCCCn1c(C(F)(F)F)nc2ccccc21)C(O)C(O)C(=O)N1CCc2ccccc2C1. The van der Waals surface area contributed by atoms with Crippen LogP contribution in [0.3, 0.4) is 0 Å². The number of amides is 2. The van der Waals surface area contributed by atoms with E-state index in [-0.39, 0.29) is 18.6 Å². The maximum atomic E-state index is 13.4. The topological polar surface area (TPSA) is 108 Å². The molecule has 37 heavy (non-hydrogen) atoms. The molecule has 0 saturated carbocycles. The van der Waals surface area contributed by atoms with Crippen molar-refractivity contribution in [2.45, 2.75) is 57.2 Å². The molecule has 2 heterocycles. The highest BCUT2D eigenvalue weighted by molar-refractivity contribution is 5.90. The Morgan fingerprint density at radius 3 is 2.43 bits per heavy atom. The fourth-order valence-electron chi connectivity index (χ4n) is 4.56. The van der Waals surface area contributed by atoms with Gasteiger partial charge in [-0.2, -0.15) is 13.2 Å². The van der Waals surface area contributed by atoms with Gasteiger partial charge in [0.1, 0.15) is 0 Å². The Hall–Kier alpha value is -3.44. The van der Waals surface area contributed by atoms with Crippen molar-refractivity contribution in [2.75, 3.05) is 13.1 Å². The van der Waals surface area contributed by atoms with E-state index in [9.17, 15) is 33.0 Å². The van der Waals surface area contributed by atoms with Gasteiger partial charge in [0.05, 0.1) is 11.0 Å². The van der Waals surface area contributed by atoms with Gasteiger partial charge in [0.25, 0.3) is 11.8 Å². The zero-order chi connectivity index (χ0) is 26.6. The van der Waals surface area contributed by atoms with Crippen molar-refractivity contribution < 1.29 is 33.0 Å². The summed E-state index contributed by atoms with van der Waals surface area (Å²) in [6.07, 6.45) is -6.39. The molecule has 0 saturated heterocycles. The molecule has 2 atom stereocenters. The summed E-state index contributed by atoms with van der Waals surface area (Å²) in [7, 11) is 0. The molecule has 0 radical (unpaired) electrons. The van der Waals surface area contributed by atoms with E-state index in [0.717, 1.165) is 15.7 Å². The molecular weight excluding hydrogens is 489 g/mol. The zero-order valence-electron chi connectivity index (χ0n) is 20.1. The molecule has 8 nitrogen and oxygen atoms in total. The Morgan fingerprint density at radius 1 is 0.973 bits per heavy atom. The normalized spacial score (nSPS) is 15.3. The van der Waals surface area contributed by atoms with Crippen molar-refractivity contribution in [3.05, 3.63) is 65.5 Å². The lowest BCUT2D eigenvalue weighted by atomic mass is 9.99. The Balaban J connectivity index is 1.21. The Morgan fingerprint density at radius 2 is 1.68 bits per heavy atom. The third-order valence-corrected chi connectivity index (χ3v) is 6.53. The van der Waals surface area contributed by atoms with Crippen LogP contribution in [0.15, 0.2) is 48.5 Å². The van der Waals surface area contributed by atoms with Crippen LogP contribution in [0.1, 0.15) is 36.2 Å². The Kier molecular flexibility index (Phi) is 8.13. The third-order valence-electron chi connectivity index (χ3n) is 6.53. The molecule has 3 N–H and O–H groups in total. The molecule has 1 aromatic heterocycles. The molecule has 1 aliphatic heterocycles. The van der Waals surface area contributed by atoms with Gasteiger partial charge >= 0.3 is 6.18 Å². The Bertz CT molecular complexity index is 1260. The van der Waals surface area contributed by atoms with E-state index in [2.05, 4.69) is 10.3 Å². The van der Waals surface area contributed by atoms with Crippen molar-refractivity contribution in [1.82, 2.24) is 19.8 Å². The number of alkyl halides is 3. The molecule has 0 fully saturated rings. The van der Waals surface area contributed by atoms with Crippen molar-refractivity contribution in [2.24, 2.45) is 0 Å². The first-order chi connectivity index (χ1) is 17.7. The lowest BCUT2D eigenvalue weighted by Crippen LogP contribution is -2.51. The summed E-state index contributed by atoms with van der Waals surface area (Å²) in [4.78, 5) is 30.0. The molecule has 11 heteroatoms. The van der Waals surface area contributed by atoms with Crippen molar-refractivity contribution in [3.63, 3.8) is 0 Å². The van der Waals surface area contributed by atoms with Crippen molar-refractivity contribution >= 4 is 22.8 Å². The van der Waals surface area contributed by atoms with Gasteiger partial charge in [0.15, 0.2) is 12.2 Å². The minimum Gasteiger partial charge on any atom is -0.380 e. The van der Waals surface area contributed by atoms with Crippen molar-refractivity contribution in [1.29, 1.82) is 0 Å². The van der Waals surface area contributed by atoms with Crippen LogP contribution in [0, 0.1) is 0 Å². The number of nitrogens with zero attached hydrogens (tertiary/aromatic N) is 3. The molecular formula is C26H29F3N4O4. The first kappa shape index (κ1) is 26.6. The van der Waals surface area contributed by atoms with Gasteiger partial charge in [-0.25, -0.2) is 4.98 Å². The summed E-state index contributed by atoms with van der Waals surface area (Å²) in [5.41, 5.74) is 2.76. The number of nitrogens with one attached hydrogen (secondary N) is 1. The molecule has 0 spiro atoms.